The largest absolute Gasteiger partial charge is 0.460 e. The third-order valence-corrected chi connectivity index (χ3v) is 1.19. The van der Waals surface area contributed by atoms with Crippen LogP contribution in [0.15, 0.2) is 22.5 Å². The van der Waals surface area contributed by atoms with Crippen LogP contribution in [0.5, 0.6) is 0 Å². The molecule has 0 heterocycles. The first-order chi connectivity index (χ1) is 6.11. The Bertz CT molecular complexity index is 227. The lowest BCUT2D eigenvalue weighted by molar-refractivity contribution is -0.139. The summed E-state index contributed by atoms with van der Waals surface area (Å²) in [4.78, 5) is 30.6. The van der Waals surface area contributed by atoms with Crippen LogP contribution in [0.2, 0.25) is 0 Å². The second-order valence-electron chi connectivity index (χ2n) is 2.45. The van der Waals surface area contributed by atoms with Crippen LogP contribution in [0.25, 0.3) is 0 Å². The summed E-state index contributed by atoms with van der Waals surface area (Å²) in [7, 11) is 0. The SMILES string of the molecule is C=C(C)C(=O)OCC(CN=O)N=O. The zero-order valence-electron chi connectivity index (χ0n) is 7.23. The molecule has 0 aliphatic carbocycles. The summed E-state index contributed by atoms with van der Waals surface area (Å²) in [6.45, 7) is 4.29. The molecule has 0 aliphatic rings. The fraction of sp³-hybridized carbons (Fsp3) is 0.571. The van der Waals surface area contributed by atoms with E-state index in [1.54, 1.807) is 0 Å². The van der Waals surface area contributed by atoms with Crippen molar-refractivity contribution in [1.82, 2.24) is 0 Å². The summed E-state index contributed by atoms with van der Waals surface area (Å²) >= 11 is 0. The van der Waals surface area contributed by atoms with Gasteiger partial charge in [-0.3, -0.25) is 0 Å². The highest BCUT2D eigenvalue weighted by Gasteiger charge is 2.12. The minimum Gasteiger partial charge on any atom is -0.460 e. The van der Waals surface area contributed by atoms with Crippen molar-refractivity contribution in [1.29, 1.82) is 0 Å². The Balaban J connectivity index is 3.84. The summed E-state index contributed by atoms with van der Waals surface area (Å²) in [6, 6.07) is -0.902. The third kappa shape index (κ3) is 4.78. The van der Waals surface area contributed by atoms with Crippen molar-refractivity contribution in [3.8, 4) is 0 Å². The molecule has 13 heavy (non-hydrogen) atoms. The van der Waals surface area contributed by atoms with Crippen LogP contribution < -0.4 is 0 Å². The second-order valence-corrected chi connectivity index (χ2v) is 2.45. The molecule has 0 rings (SSSR count). The molecule has 6 nitrogen and oxygen atoms in total. The van der Waals surface area contributed by atoms with Crippen molar-refractivity contribution in [2.45, 2.75) is 13.0 Å². The van der Waals surface area contributed by atoms with E-state index in [2.05, 4.69) is 21.7 Å². The Labute approximate surface area is 74.9 Å². The molecule has 0 N–H and O–H groups in total. The van der Waals surface area contributed by atoms with Crippen molar-refractivity contribution in [2.24, 2.45) is 10.4 Å². The standard InChI is InChI=1S/C7H10N2O4/c1-5(2)7(10)13-4-6(9-12)3-8-11/h6H,1,3-4H2,2H3. The van der Waals surface area contributed by atoms with Gasteiger partial charge in [-0.05, 0) is 6.92 Å². The first kappa shape index (κ1) is 11.4. The number of hydrogen-bond acceptors (Lipinski definition) is 6. The summed E-state index contributed by atoms with van der Waals surface area (Å²) in [5.41, 5.74) is 0.226. The summed E-state index contributed by atoms with van der Waals surface area (Å²) in [5.74, 6) is -0.612. The van der Waals surface area contributed by atoms with Crippen LogP contribution in [0.3, 0.4) is 0 Å². The molecule has 0 aromatic carbocycles. The molecular weight excluding hydrogens is 176 g/mol. The first-order valence-corrected chi connectivity index (χ1v) is 3.56. The van der Waals surface area contributed by atoms with Crippen molar-refractivity contribution >= 4 is 5.97 Å². The minimum atomic E-state index is -0.902. The van der Waals surface area contributed by atoms with E-state index in [1.807, 2.05) is 0 Å². The number of rotatable bonds is 6. The zero-order chi connectivity index (χ0) is 10.3. The highest BCUT2D eigenvalue weighted by molar-refractivity contribution is 5.86. The Kier molecular flexibility index (Phi) is 5.25. The second kappa shape index (κ2) is 5.99. The van der Waals surface area contributed by atoms with Gasteiger partial charge in [-0.2, -0.15) is 9.81 Å². The third-order valence-electron chi connectivity index (χ3n) is 1.19. The normalized spacial score (nSPS) is 11.5. The fourth-order valence-electron chi connectivity index (χ4n) is 0.498. The van der Waals surface area contributed by atoms with E-state index in [4.69, 9.17) is 0 Å². The van der Waals surface area contributed by atoms with Crippen LogP contribution in [0.1, 0.15) is 6.92 Å². The van der Waals surface area contributed by atoms with Crippen LogP contribution in [0, 0.1) is 9.81 Å². The lowest BCUT2D eigenvalue weighted by atomic mass is 10.3. The van der Waals surface area contributed by atoms with Crippen molar-refractivity contribution in [3.05, 3.63) is 22.0 Å². The van der Waals surface area contributed by atoms with Crippen LogP contribution in [-0.4, -0.2) is 25.2 Å². The van der Waals surface area contributed by atoms with E-state index < -0.39 is 12.0 Å². The number of carbonyl (C=O) groups excluding carboxylic acids is 1. The van der Waals surface area contributed by atoms with E-state index in [0.717, 1.165) is 0 Å². The van der Waals surface area contributed by atoms with Crippen LogP contribution in [-0.2, 0) is 9.53 Å². The van der Waals surface area contributed by atoms with Gasteiger partial charge in [0.05, 0.1) is 0 Å². The van der Waals surface area contributed by atoms with E-state index in [-0.39, 0.29) is 18.7 Å². The lowest BCUT2D eigenvalue weighted by Crippen LogP contribution is -2.19. The van der Waals surface area contributed by atoms with E-state index in [9.17, 15) is 14.6 Å². The van der Waals surface area contributed by atoms with Gasteiger partial charge in [0.1, 0.15) is 19.2 Å². The summed E-state index contributed by atoms with van der Waals surface area (Å²) < 4.78 is 4.58. The quantitative estimate of drug-likeness (QED) is 0.352. The Hall–Kier alpha value is -1.59. The molecule has 0 aliphatic heterocycles. The molecule has 0 aromatic rings. The van der Waals surface area contributed by atoms with Crippen molar-refractivity contribution < 1.29 is 9.53 Å². The van der Waals surface area contributed by atoms with Crippen molar-refractivity contribution in [3.63, 3.8) is 0 Å². The maximum Gasteiger partial charge on any atom is 0.333 e. The Morgan fingerprint density at radius 2 is 2.15 bits per heavy atom. The number of ether oxygens (including phenoxy) is 1. The Morgan fingerprint density at radius 1 is 1.54 bits per heavy atom. The Morgan fingerprint density at radius 3 is 2.54 bits per heavy atom. The predicted molar refractivity (Wildman–Crippen MR) is 46.0 cm³/mol. The topological polar surface area (TPSA) is 85.2 Å². The van der Waals surface area contributed by atoms with Gasteiger partial charge < -0.3 is 4.74 Å². The summed E-state index contributed by atoms with van der Waals surface area (Å²) in [5, 5.41) is 5.03. The lowest BCUT2D eigenvalue weighted by Gasteiger charge is -2.05. The number of nitrogens with zero attached hydrogens (tertiary/aromatic N) is 2. The average Bonchev–Trinajstić information content (AvgIpc) is 2.11. The maximum absolute atomic E-state index is 10.8. The zero-order valence-corrected chi connectivity index (χ0v) is 7.23. The highest BCUT2D eigenvalue weighted by atomic mass is 16.5. The van der Waals surface area contributed by atoms with Gasteiger partial charge in [-0.25, -0.2) is 4.79 Å². The van der Waals surface area contributed by atoms with Gasteiger partial charge in [0.25, 0.3) is 0 Å². The number of hydrogen-bond donors (Lipinski definition) is 0. The molecule has 0 aromatic heterocycles. The molecule has 0 radical (unpaired) electrons. The molecule has 0 saturated heterocycles. The van der Waals surface area contributed by atoms with Gasteiger partial charge >= 0.3 is 5.97 Å². The molecule has 0 fully saturated rings. The average molecular weight is 186 g/mol. The van der Waals surface area contributed by atoms with Gasteiger partial charge in [-0.1, -0.05) is 16.9 Å². The molecule has 0 spiro atoms. The van der Waals surface area contributed by atoms with Crippen LogP contribution >= 0.6 is 0 Å². The molecule has 0 saturated carbocycles. The molecule has 0 amide bonds. The monoisotopic (exact) mass is 186 g/mol. The first-order valence-electron chi connectivity index (χ1n) is 3.56. The minimum absolute atomic E-state index is 0.226. The van der Waals surface area contributed by atoms with E-state index >= 15 is 0 Å². The molecule has 6 heteroatoms. The van der Waals surface area contributed by atoms with E-state index in [1.165, 1.54) is 6.92 Å². The highest BCUT2D eigenvalue weighted by Crippen LogP contribution is 1.97. The number of carbonyl (C=O) groups is 1. The predicted octanol–water partition coefficient (Wildman–Crippen LogP) is 1.01. The van der Waals surface area contributed by atoms with Gasteiger partial charge in [0.2, 0.25) is 0 Å². The van der Waals surface area contributed by atoms with Gasteiger partial charge in [0, 0.05) is 5.57 Å². The molecule has 72 valence electrons. The molecule has 1 atom stereocenters. The summed E-state index contributed by atoms with van der Waals surface area (Å²) in [6.07, 6.45) is 0. The number of esters is 1. The smallest absolute Gasteiger partial charge is 0.333 e. The molecule has 1 unspecified atom stereocenters. The molecule has 0 bridgehead atoms. The number of nitroso groups, excluding NO2 is 2. The maximum atomic E-state index is 10.8. The van der Waals surface area contributed by atoms with Crippen LogP contribution in [0.4, 0.5) is 0 Å². The fourth-order valence-corrected chi connectivity index (χ4v) is 0.498. The van der Waals surface area contributed by atoms with E-state index in [0.29, 0.717) is 0 Å². The van der Waals surface area contributed by atoms with Gasteiger partial charge in [0.15, 0.2) is 0 Å². The molecular formula is C7H10N2O4. The van der Waals surface area contributed by atoms with Gasteiger partial charge in [-0.15, -0.1) is 0 Å². The van der Waals surface area contributed by atoms with Crippen molar-refractivity contribution in [2.75, 3.05) is 13.2 Å².